The zero-order chi connectivity index (χ0) is 20.0. The van der Waals surface area contributed by atoms with Crippen LogP contribution in [-0.2, 0) is 25.8 Å². The summed E-state index contributed by atoms with van der Waals surface area (Å²) in [5.41, 5.74) is 0. The first-order valence-corrected chi connectivity index (χ1v) is 9.67. The summed E-state index contributed by atoms with van der Waals surface area (Å²) in [5, 5.41) is 33.3. The zero-order valence-electron chi connectivity index (χ0n) is 18.3. The monoisotopic (exact) mass is 532 g/mol. The van der Waals surface area contributed by atoms with Crippen molar-refractivity contribution < 1.29 is 46.3 Å². The Balaban J connectivity index is -0.0000000702. The summed E-state index contributed by atoms with van der Waals surface area (Å²) < 4.78 is 0. The molecule has 0 saturated carbocycles. The fourth-order valence-electron chi connectivity index (χ4n) is 0.516. The molecule has 0 fully saturated rings. The summed E-state index contributed by atoms with van der Waals surface area (Å²) in [5.74, 6) is 1.96. The van der Waals surface area contributed by atoms with E-state index in [9.17, 15) is 0 Å². The van der Waals surface area contributed by atoms with Crippen LogP contribution in [0, 0.1) is 23.7 Å². The van der Waals surface area contributed by atoms with Crippen LogP contribution in [0.4, 0.5) is 0 Å². The van der Waals surface area contributed by atoms with Gasteiger partial charge in [-0.05, 0) is 23.7 Å². The number of hydrogen-bond donors (Lipinski definition) is 4. The van der Waals surface area contributed by atoms with Crippen LogP contribution in [0.2, 0.25) is 0 Å². The average Bonchev–Trinajstić information content (AvgIpc) is 2.66. The number of aliphatic hydroxyl groups excluding tert-OH is 4. The summed E-state index contributed by atoms with van der Waals surface area (Å²) in [6, 6.07) is 0. The molecule has 0 aliphatic heterocycles. The Labute approximate surface area is 177 Å². The predicted molar refractivity (Wildman–Crippen MR) is 106 cm³/mol. The third-order valence-electron chi connectivity index (χ3n) is 4.03. The first kappa shape index (κ1) is 36.6. The summed E-state index contributed by atoms with van der Waals surface area (Å²) in [7, 11) is 0. The summed E-state index contributed by atoms with van der Waals surface area (Å²) in [6.07, 6.45) is 4.32. The molecule has 0 radical (unpaired) electrons. The van der Waals surface area contributed by atoms with Gasteiger partial charge in [-0.15, -0.1) is 0 Å². The van der Waals surface area contributed by atoms with Gasteiger partial charge in [-0.3, -0.25) is 0 Å². The van der Waals surface area contributed by atoms with Crippen LogP contribution in [0.3, 0.4) is 0 Å². The Bertz CT molecular complexity index is 139. The van der Waals surface area contributed by atoms with E-state index in [0.29, 0.717) is 50.1 Å². The van der Waals surface area contributed by atoms with Crippen LogP contribution >= 0.6 is 0 Å². The van der Waals surface area contributed by atoms with Crippen molar-refractivity contribution in [3.63, 3.8) is 0 Å². The zero-order valence-corrected chi connectivity index (χ0v) is 21.8. The van der Waals surface area contributed by atoms with Crippen molar-refractivity contribution in [3.05, 3.63) is 0 Å². The molecule has 0 aromatic rings. The predicted octanol–water partition coefficient (Wildman–Crippen LogP) is 4.10. The Kier molecular flexibility index (Phi) is 47.4. The number of rotatable bonds is 8. The van der Waals surface area contributed by atoms with Crippen molar-refractivity contribution >= 4 is 0 Å². The Morgan fingerprint density at radius 3 is 0.560 bits per heavy atom. The molecule has 0 aliphatic rings. The van der Waals surface area contributed by atoms with Gasteiger partial charge in [0.25, 0.3) is 0 Å². The van der Waals surface area contributed by atoms with Gasteiger partial charge >= 0.3 is 0 Å². The molecule has 25 heavy (non-hydrogen) atoms. The summed E-state index contributed by atoms with van der Waals surface area (Å²) in [6.45, 7) is 17.7. The number of hydrogen-bond acceptors (Lipinski definition) is 4. The van der Waals surface area contributed by atoms with E-state index in [2.05, 4.69) is 27.7 Å². The molecule has 0 aromatic heterocycles. The van der Waals surface area contributed by atoms with Crippen molar-refractivity contribution in [1.82, 2.24) is 0 Å². The third kappa shape index (κ3) is 45.6. The van der Waals surface area contributed by atoms with Gasteiger partial charge in [0.15, 0.2) is 0 Å². The van der Waals surface area contributed by atoms with Gasteiger partial charge in [-0.2, -0.15) is 0 Å². The SMILES string of the molecule is CCC(C)CO.CCC(C)CO.CCC(C)CO.CCC(C)CO.[Hf]. The van der Waals surface area contributed by atoms with Crippen molar-refractivity contribution in [2.45, 2.75) is 81.1 Å². The number of aliphatic hydroxyl groups is 4. The maximum Gasteiger partial charge on any atom is 0.0456 e. The molecule has 0 rings (SSSR count). The molecule has 4 unspecified atom stereocenters. The second-order valence-corrected chi connectivity index (χ2v) is 6.78. The minimum absolute atomic E-state index is 0. The van der Waals surface area contributed by atoms with E-state index in [1.165, 1.54) is 0 Å². The van der Waals surface area contributed by atoms with Gasteiger partial charge in [0.05, 0.1) is 0 Å². The van der Waals surface area contributed by atoms with E-state index in [-0.39, 0.29) is 25.8 Å². The van der Waals surface area contributed by atoms with E-state index in [0.717, 1.165) is 25.7 Å². The van der Waals surface area contributed by atoms with E-state index in [1.807, 2.05) is 27.7 Å². The van der Waals surface area contributed by atoms with Crippen molar-refractivity contribution in [2.24, 2.45) is 23.7 Å². The van der Waals surface area contributed by atoms with E-state index >= 15 is 0 Å². The fourth-order valence-corrected chi connectivity index (χ4v) is 0.516. The molecule has 0 aromatic carbocycles. The molecule has 4 atom stereocenters. The third-order valence-corrected chi connectivity index (χ3v) is 4.03. The first-order valence-electron chi connectivity index (χ1n) is 9.67. The van der Waals surface area contributed by atoms with Gasteiger partial charge in [0, 0.05) is 52.3 Å². The van der Waals surface area contributed by atoms with Gasteiger partial charge in [-0.1, -0.05) is 81.1 Å². The summed E-state index contributed by atoms with van der Waals surface area (Å²) >= 11 is 0. The van der Waals surface area contributed by atoms with Gasteiger partial charge < -0.3 is 20.4 Å². The van der Waals surface area contributed by atoms with Crippen molar-refractivity contribution in [3.8, 4) is 0 Å². The van der Waals surface area contributed by atoms with Crippen LogP contribution < -0.4 is 0 Å². The van der Waals surface area contributed by atoms with Gasteiger partial charge in [-0.25, -0.2) is 0 Å². The standard InChI is InChI=1S/4C5H12O.Hf/c4*1-3-5(2)4-6;/h4*5-6H,3-4H2,1-2H3;. The minimum atomic E-state index is 0. The van der Waals surface area contributed by atoms with Gasteiger partial charge in [0.1, 0.15) is 0 Å². The molecule has 0 bridgehead atoms. The summed E-state index contributed by atoms with van der Waals surface area (Å²) in [4.78, 5) is 0. The Morgan fingerprint density at radius 2 is 0.560 bits per heavy atom. The Morgan fingerprint density at radius 1 is 0.440 bits per heavy atom. The maximum absolute atomic E-state index is 8.33. The molecule has 0 spiro atoms. The molecular weight excluding hydrogens is 483 g/mol. The van der Waals surface area contributed by atoms with Crippen LogP contribution in [0.5, 0.6) is 0 Å². The van der Waals surface area contributed by atoms with Crippen molar-refractivity contribution in [1.29, 1.82) is 0 Å². The topological polar surface area (TPSA) is 80.9 Å². The average molecular weight is 531 g/mol. The van der Waals surface area contributed by atoms with E-state index < -0.39 is 0 Å². The van der Waals surface area contributed by atoms with Gasteiger partial charge in [0.2, 0.25) is 0 Å². The van der Waals surface area contributed by atoms with Crippen LogP contribution in [-0.4, -0.2) is 46.9 Å². The smallest absolute Gasteiger partial charge is 0.0456 e. The Hall–Kier alpha value is 0.710. The fraction of sp³-hybridized carbons (Fsp3) is 1.00. The first-order chi connectivity index (χ1) is 11.2. The van der Waals surface area contributed by atoms with E-state index in [4.69, 9.17) is 20.4 Å². The molecule has 0 saturated heterocycles. The molecule has 0 aliphatic carbocycles. The maximum atomic E-state index is 8.33. The molecule has 0 heterocycles. The second kappa shape index (κ2) is 32.4. The molecular formula is C20H48HfO4. The molecule has 156 valence electrons. The van der Waals surface area contributed by atoms with Crippen LogP contribution in [0.15, 0.2) is 0 Å². The quantitative estimate of drug-likeness (QED) is 0.356. The second-order valence-electron chi connectivity index (χ2n) is 6.78. The molecule has 4 N–H and O–H groups in total. The molecule has 5 heteroatoms. The van der Waals surface area contributed by atoms with Crippen molar-refractivity contribution in [2.75, 3.05) is 26.4 Å². The van der Waals surface area contributed by atoms with E-state index in [1.54, 1.807) is 0 Å². The minimum Gasteiger partial charge on any atom is -0.396 e. The van der Waals surface area contributed by atoms with Crippen LogP contribution in [0.25, 0.3) is 0 Å². The molecule has 0 amide bonds. The van der Waals surface area contributed by atoms with Crippen LogP contribution in [0.1, 0.15) is 81.1 Å². The molecule has 4 nitrogen and oxygen atoms in total. The normalized spacial score (nSPS) is 13.9. The largest absolute Gasteiger partial charge is 0.396 e.